The monoisotopic (exact) mass is 242 g/mol. The number of carbonyl (C=O) groups is 1. The molecule has 84 valence electrons. The molecule has 0 aliphatic carbocycles. The highest BCUT2D eigenvalue weighted by atomic mass is 35.5. The first-order valence-corrected chi connectivity index (χ1v) is 4.49. The predicted molar refractivity (Wildman–Crippen MR) is 52.8 cm³/mol. The number of nitrogens with zero attached hydrogens (tertiary/aromatic N) is 2. The lowest BCUT2D eigenvalue weighted by Gasteiger charge is -2.13. The van der Waals surface area contributed by atoms with E-state index in [2.05, 4.69) is 4.98 Å². The van der Waals surface area contributed by atoms with E-state index in [9.17, 15) is 9.90 Å². The van der Waals surface area contributed by atoms with Crippen LogP contribution in [0, 0.1) is 11.3 Å². The minimum Gasteiger partial charge on any atom is -0.478 e. The molecule has 3 N–H and O–H groups in total. The second-order valence-corrected chi connectivity index (χ2v) is 3.31. The Labute approximate surface area is 95.4 Å². The van der Waals surface area contributed by atoms with Gasteiger partial charge in [0.1, 0.15) is 11.3 Å². The number of halogens is 1. The van der Waals surface area contributed by atoms with Gasteiger partial charge in [-0.15, -0.1) is 0 Å². The first-order chi connectivity index (χ1) is 7.47. The second-order valence-electron chi connectivity index (χ2n) is 2.92. The minimum atomic E-state index is -1.72. The van der Waals surface area contributed by atoms with Crippen molar-refractivity contribution in [1.82, 2.24) is 4.98 Å². The highest BCUT2D eigenvalue weighted by Crippen LogP contribution is 2.22. The summed E-state index contributed by atoms with van der Waals surface area (Å²) in [5, 5.41) is 35.8. The molecule has 1 heterocycles. The van der Waals surface area contributed by atoms with Crippen molar-refractivity contribution >= 4 is 17.6 Å². The first-order valence-electron chi connectivity index (χ1n) is 4.12. The molecule has 0 spiro atoms. The number of aliphatic hydroxyl groups excluding tert-OH is 2. The second kappa shape index (κ2) is 4.90. The van der Waals surface area contributed by atoms with E-state index in [-0.39, 0.29) is 16.3 Å². The molecule has 0 saturated carbocycles. The van der Waals surface area contributed by atoms with Crippen LogP contribution < -0.4 is 0 Å². The molecule has 0 aliphatic heterocycles. The molecule has 7 heteroatoms. The number of rotatable bonds is 3. The van der Waals surface area contributed by atoms with Crippen LogP contribution in [0.15, 0.2) is 12.3 Å². The number of nitriles is 1. The molecule has 6 nitrogen and oxygen atoms in total. The zero-order chi connectivity index (χ0) is 12.3. The van der Waals surface area contributed by atoms with E-state index in [0.29, 0.717) is 0 Å². The summed E-state index contributed by atoms with van der Waals surface area (Å²) in [5.74, 6) is -1.33. The average molecular weight is 243 g/mol. The molecule has 0 radical (unpaired) electrons. The fraction of sp³-hybridized carbons (Fsp3) is 0.222. The Morgan fingerprint density at radius 1 is 1.56 bits per heavy atom. The zero-order valence-electron chi connectivity index (χ0n) is 7.83. The van der Waals surface area contributed by atoms with Gasteiger partial charge in [-0.3, -0.25) is 0 Å². The summed E-state index contributed by atoms with van der Waals surface area (Å²) in [6.07, 6.45) is -2.35. The summed E-state index contributed by atoms with van der Waals surface area (Å²) in [5.41, 5.74) is -0.465. The number of carboxylic acids is 1. The van der Waals surface area contributed by atoms with Crippen LogP contribution in [0.5, 0.6) is 0 Å². The van der Waals surface area contributed by atoms with Crippen molar-refractivity contribution in [3.63, 3.8) is 0 Å². The SMILES string of the molecule is N#CC(O)C(O)c1cnc(Cl)cc1C(=O)O. The lowest BCUT2D eigenvalue weighted by atomic mass is 10.0. The fourth-order valence-electron chi connectivity index (χ4n) is 1.10. The van der Waals surface area contributed by atoms with E-state index < -0.39 is 18.2 Å². The summed E-state index contributed by atoms with van der Waals surface area (Å²) < 4.78 is 0. The lowest BCUT2D eigenvalue weighted by molar-refractivity contribution is 0.0496. The molecule has 0 bridgehead atoms. The Bertz CT molecular complexity index is 457. The third-order valence-corrected chi connectivity index (χ3v) is 2.09. The number of pyridine rings is 1. The van der Waals surface area contributed by atoms with Crippen LogP contribution in [0.25, 0.3) is 0 Å². The molecule has 16 heavy (non-hydrogen) atoms. The molecule has 0 amide bonds. The Hall–Kier alpha value is -1.68. The van der Waals surface area contributed by atoms with Crippen molar-refractivity contribution in [2.45, 2.75) is 12.2 Å². The normalized spacial score (nSPS) is 13.9. The van der Waals surface area contributed by atoms with Crippen LogP contribution >= 0.6 is 11.6 Å². The van der Waals surface area contributed by atoms with Crippen molar-refractivity contribution in [3.8, 4) is 6.07 Å². The van der Waals surface area contributed by atoms with Crippen LogP contribution in [0.1, 0.15) is 22.0 Å². The van der Waals surface area contributed by atoms with Gasteiger partial charge in [0.25, 0.3) is 0 Å². The average Bonchev–Trinajstić information content (AvgIpc) is 2.26. The third kappa shape index (κ3) is 2.46. The van der Waals surface area contributed by atoms with Gasteiger partial charge in [0.15, 0.2) is 6.10 Å². The number of aromatic nitrogens is 1. The van der Waals surface area contributed by atoms with E-state index in [0.717, 1.165) is 12.3 Å². The van der Waals surface area contributed by atoms with Crippen LogP contribution in [0.2, 0.25) is 5.15 Å². The van der Waals surface area contributed by atoms with Crippen LogP contribution in [0.4, 0.5) is 0 Å². The molecule has 0 saturated heterocycles. The van der Waals surface area contributed by atoms with E-state index >= 15 is 0 Å². The number of hydrogen-bond donors (Lipinski definition) is 3. The zero-order valence-corrected chi connectivity index (χ0v) is 8.59. The standard InChI is InChI=1S/C9H7ClN2O4/c10-7-1-4(9(15)16)5(3-12-7)8(14)6(13)2-11/h1,3,6,8,13-14H,(H,15,16). The predicted octanol–water partition coefficient (Wildman–Crippen LogP) is 0.351. The van der Waals surface area contributed by atoms with Gasteiger partial charge in [0, 0.05) is 11.8 Å². The van der Waals surface area contributed by atoms with Gasteiger partial charge in [-0.05, 0) is 6.07 Å². The molecule has 0 aromatic carbocycles. The molecule has 0 aliphatic rings. The van der Waals surface area contributed by atoms with Gasteiger partial charge >= 0.3 is 5.97 Å². The van der Waals surface area contributed by atoms with Crippen molar-refractivity contribution in [2.75, 3.05) is 0 Å². The van der Waals surface area contributed by atoms with Crippen molar-refractivity contribution in [2.24, 2.45) is 0 Å². The highest BCUT2D eigenvalue weighted by Gasteiger charge is 2.24. The largest absolute Gasteiger partial charge is 0.478 e. The smallest absolute Gasteiger partial charge is 0.336 e. The molecule has 1 aromatic rings. The lowest BCUT2D eigenvalue weighted by Crippen LogP contribution is -2.19. The number of aromatic carboxylic acids is 1. The Balaban J connectivity index is 3.23. The molecule has 2 unspecified atom stereocenters. The first kappa shape index (κ1) is 12.4. The topological polar surface area (TPSA) is 114 Å². The molecule has 2 atom stereocenters. The number of hydrogen-bond acceptors (Lipinski definition) is 5. The Morgan fingerprint density at radius 2 is 2.19 bits per heavy atom. The summed E-state index contributed by atoms with van der Waals surface area (Å²) >= 11 is 5.50. The molecular weight excluding hydrogens is 236 g/mol. The molecule has 0 fully saturated rings. The third-order valence-electron chi connectivity index (χ3n) is 1.88. The maximum atomic E-state index is 10.8. The Morgan fingerprint density at radius 3 is 2.69 bits per heavy atom. The maximum Gasteiger partial charge on any atom is 0.336 e. The molecular formula is C9H7ClN2O4. The quantitative estimate of drug-likeness (QED) is 0.520. The summed E-state index contributed by atoms with van der Waals surface area (Å²) in [6, 6.07) is 2.43. The van der Waals surface area contributed by atoms with Gasteiger partial charge < -0.3 is 15.3 Å². The number of aliphatic hydroxyl groups is 2. The van der Waals surface area contributed by atoms with Crippen LogP contribution in [-0.2, 0) is 0 Å². The van der Waals surface area contributed by atoms with E-state index in [1.54, 1.807) is 0 Å². The Kier molecular flexibility index (Phi) is 3.79. The minimum absolute atomic E-state index is 0.0557. The summed E-state index contributed by atoms with van der Waals surface area (Å²) in [6.45, 7) is 0. The van der Waals surface area contributed by atoms with Gasteiger partial charge in [-0.1, -0.05) is 11.6 Å². The molecule has 1 aromatic heterocycles. The van der Waals surface area contributed by atoms with Gasteiger partial charge in [0.05, 0.1) is 11.6 Å². The van der Waals surface area contributed by atoms with Crippen molar-refractivity contribution in [1.29, 1.82) is 5.26 Å². The number of carboxylic acid groups (broad SMARTS) is 1. The van der Waals surface area contributed by atoms with E-state index in [1.807, 2.05) is 0 Å². The maximum absolute atomic E-state index is 10.8. The van der Waals surface area contributed by atoms with Gasteiger partial charge in [-0.2, -0.15) is 5.26 Å². The molecule has 1 rings (SSSR count). The van der Waals surface area contributed by atoms with Gasteiger partial charge in [-0.25, -0.2) is 9.78 Å². The van der Waals surface area contributed by atoms with Crippen molar-refractivity contribution < 1.29 is 20.1 Å². The van der Waals surface area contributed by atoms with Crippen molar-refractivity contribution in [3.05, 3.63) is 28.5 Å². The van der Waals surface area contributed by atoms with Crippen LogP contribution in [0.3, 0.4) is 0 Å². The van der Waals surface area contributed by atoms with E-state index in [4.69, 9.17) is 27.1 Å². The summed E-state index contributed by atoms with van der Waals surface area (Å²) in [4.78, 5) is 14.4. The fourth-order valence-corrected chi connectivity index (χ4v) is 1.26. The van der Waals surface area contributed by atoms with Crippen LogP contribution in [-0.4, -0.2) is 32.4 Å². The van der Waals surface area contributed by atoms with Gasteiger partial charge in [0.2, 0.25) is 0 Å². The summed E-state index contributed by atoms with van der Waals surface area (Å²) in [7, 11) is 0. The highest BCUT2D eigenvalue weighted by molar-refractivity contribution is 6.29. The van der Waals surface area contributed by atoms with E-state index in [1.165, 1.54) is 6.07 Å².